The van der Waals surface area contributed by atoms with Crippen LogP contribution in [-0.4, -0.2) is 51.6 Å². The van der Waals surface area contributed by atoms with Crippen molar-refractivity contribution < 1.29 is 18.9 Å². The van der Waals surface area contributed by atoms with E-state index in [0.717, 1.165) is 11.5 Å². The van der Waals surface area contributed by atoms with Crippen LogP contribution in [0.15, 0.2) is 18.2 Å². The van der Waals surface area contributed by atoms with Gasteiger partial charge in [-0.05, 0) is 6.92 Å². The molecule has 0 saturated heterocycles. The first-order chi connectivity index (χ1) is 12.1. The quantitative estimate of drug-likeness (QED) is 0.669. The summed E-state index contributed by atoms with van der Waals surface area (Å²) < 4.78 is 21.1. The molecule has 8 nitrogen and oxygen atoms in total. The number of nitrogens with one attached hydrogen (secondary N) is 2. The van der Waals surface area contributed by atoms with E-state index < -0.39 is 0 Å². The zero-order valence-electron chi connectivity index (χ0n) is 15.2. The topological polar surface area (TPSA) is 86.8 Å². The van der Waals surface area contributed by atoms with Gasteiger partial charge >= 0.3 is 0 Å². The summed E-state index contributed by atoms with van der Waals surface area (Å²) in [5, 5.41) is 6.43. The molecule has 0 atom stereocenters. The number of hydrogen-bond acceptors (Lipinski definition) is 8. The largest absolute Gasteiger partial charge is 0.493 e. The molecule has 0 aliphatic carbocycles. The predicted molar refractivity (Wildman–Crippen MR) is 96.5 cm³/mol. The third kappa shape index (κ3) is 4.87. The van der Waals surface area contributed by atoms with Gasteiger partial charge in [0.15, 0.2) is 11.5 Å². The summed E-state index contributed by atoms with van der Waals surface area (Å²) in [6.45, 7) is 3.09. The van der Waals surface area contributed by atoms with E-state index in [2.05, 4.69) is 20.6 Å². The Balaban J connectivity index is 2.26. The van der Waals surface area contributed by atoms with Gasteiger partial charge in [0.05, 0.1) is 27.9 Å². The highest BCUT2D eigenvalue weighted by molar-refractivity contribution is 5.67. The van der Waals surface area contributed by atoms with Crippen molar-refractivity contribution in [3.8, 4) is 17.2 Å². The number of rotatable bonds is 9. The molecule has 0 aliphatic rings. The second-order valence-electron chi connectivity index (χ2n) is 5.14. The number of methoxy groups -OCH3 is 4. The van der Waals surface area contributed by atoms with Crippen LogP contribution in [-0.2, 0) is 4.74 Å². The second-order valence-corrected chi connectivity index (χ2v) is 5.14. The lowest BCUT2D eigenvalue weighted by molar-refractivity contribution is 0.210. The van der Waals surface area contributed by atoms with Crippen LogP contribution in [0, 0.1) is 6.92 Å². The van der Waals surface area contributed by atoms with Gasteiger partial charge in [-0.15, -0.1) is 0 Å². The summed E-state index contributed by atoms with van der Waals surface area (Å²) in [7, 11) is 6.38. The maximum atomic E-state index is 5.37. The SMILES string of the molecule is COCCNc1cc(Nc2cc(OC)c(OC)c(OC)c2)nc(C)n1. The van der Waals surface area contributed by atoms with E-state index in [1.165, 1.54) is 0 Å². The highest BCUT2D eigenvalue weighted by Crippen LogP contribution is 2.40. The lowest BCUT2D eigenvalue weighted by Gasteiger charge is -2.15. The zero-order valence-corrected chi connectivity index (χ0v) is 15.2. The molecule has 0 fully saturated rings. The fourth-order valence-corrected chi connectivity index (χ4v) is 2.30. The average Bonchev–Trinajstić information content (AvgIpc) is 2.60. The van der Waals surface area contributed by atoms with E-state index in [9.17, 15) is 0 Å². The van der Waals surface area contributed by atoms with Crippen molar-refractivity contribution in [2.45, 2.75) is 6.92 Å². The summed E-state index contributed by atoms with van der Waals surface area (Å²) in [5.41, 5.74) is 0.760. The van der Waals surface area contributed by atoms with Gasteiger partial charge in [-0.3, -0.25) is 0 Å². The minimum Gasteiger partial charge on any atom is -0.493 e. The van der Waals surface area contributed by atoms with Crippen molar-refractivity contribution in [3.63, 3.8) is 0 Å². The van der Waals surface area contributed by atoms with Crippen molar-refractivity contribution in [2.24, 2.45) is 0 Å². The molecule has 1 aromatic carbocycles. The molecule has 0 spiro atoms. The molecule has 0 amide bonds. The summed E-state index contributed by atoms with van der Waals surface area (Å²) >= 11 is 0. The lowest BCUT2D eigenvalue weighted by atomic mass is 10.2. The summed E-state index contributed by atoms with van der Waals surface area (Å²) in [5.74, 6) is 3.69. The molecule has 0 bridgehead atoms. The minimum absolute atomic E-state index is 0.538. The second kappa shape index (κ2) is 8.93. The molecular formula is C17H24N4O4. The molecule has 0 unspecified atom stereocenters. The Labute approximate surface area is 147 Å². The molecule has 0 aliphatic heterocycles. The summed E-state index contributed by atoms with van der Waals surface area (Å²) in [6.07, 6.45) is 0. The van der Waals surface area contributed by atoms with Crippen LogP contribution in [0.1, 0.15) is 5.82 Å². The van der Waals surface area contributed by atoms with E-state index in [0.29, 0.717) is 42.0 Å². The molecule has 0 saturated carbocycles. The van der Waals surface area contributed by atoms with Crippen LogP contribution in [0.5, 0.6) is 17.2 Å². The van der Waals surface area contributed by atoms with Crippen molar-refractivity contribution in [3.05, 3.63) is 24.0 Å². The molecule has 2 rings (SSSR count). The van der Waals surface area contributed by atoms with Gasteiger partial charge in [0.25, 0.3) is 0 Å². The molecule has 25 heavy (non-hydrogen) atoms. The van der Waals surface area contributed by atoms with Crippen LogP contribution in [0.4, 0.5) is 17.3 Å². The van der Waals surface area contributed by atoms with E-state index in [4.69, 9.17) is 18.9 Å². The molecule has 2 aromatic rings. The Bertz CT molecular complexity index is 684. The first-order valence-corrected chi connectivity index (χ1v) is 7.76. The number of aromatic nitrogens is 2. The smallest absolute Gasteiger partial charge is 0.203 e. The Morgan fingerprint density at radius 2 is 1.52 bits per heavy atom. The first-order valence-electron chi connectivity index (χ1n) is 7.76. The van der Waals surface area contributed by atoms with E-state index in [1.54, 1.807) is 28.4 Å². The van der Waals surface area contributed by atoms with E-state index in [-0.39, 0.29) is 0 Å². The van der Waals surface area contributed by atoms with Crippen molar-refractivity contribution in [1.29, 1.82) is 0 Å². The van der Waals surface area contributed by atoms with Crippen LogP contribution in [0.25, 0.3) is 0 Å². The Kier molecular flexibility index (Phi) is 6.64. The van der Waals surface area contributed by atoms with Gasteiger partial charge in [0, 0.05) is 37.5 Å². The Hall–Kier alpha value is -2.74. The number of anilines is 3. The van der Waals surface area contributed by atoms with Crippen molar-refractivity contribution in [2.75, 3.05) is 52.2 Å². The molecular weight excluding hydrogens is 324 g/mol. The Morgan fingerprint density at radius 3 is 2.08 bits per heavy atom. The minimum atomic E-state index is 0.538. The fraction of sp³-hybridized carbons (Fsp3) is 0.412. The first kappa shape index (κ1) is 18.6. The van der Waals surface area contributed by atoms with E-state index >= 15 is 0 Å². The maximum absolute atomic E-state index is 5.37. The highest BCUT2D eigenvalue weighted by atomic mass is 16.5. The molecule has 0 radical (unpaired) electrons. The average molecular weight is 348 g/mol. The monoisotopic (exact) mass is 348 g/mol. The van der Waals surface area contributed by atoms with Gasteiger partial charge in [-0.1, -0.05) is 0 Å². The zero-order chi connectivity index (χ0) is 18.2. The fourth-order valence-electron chi connectivity index (χ4n) is 2.30. The van der Waals surface area contributed by atoms with Crippen molar-refractivity contribution >= 4 is 17.3 Å². The highest BCUT2D eigenvalue weighted by Gasteiger charge is 2.14. The van der Waals surface area contributed by atoms with Gasteiger partial charge in [-0.2, -0.15) is 0 Å². The van der Waals surface area contributed by atoms with Gasteiger partial charge in [0.1, 0.15) is 17.5 Å². The van der Waals surface area contributed by atoms with Gasteiger partial charge in [0.2, 0.25) is 5.75 Å². The van der Waals surface area contributed by atoms with Crippen LogP contribution < -0.4 is 24.8 Å². The molecule has 136 valence electrons. The predicted octanol–water partition coefficient (Wildman–Crippen LogP) is 2.61. The van der Waals surface area contributed by atoms with Crippen LogP contribution in [0.3, 0.4) is 0 Å². The van der Waals surface area contributed by atoms with Crippen LogP contribution in [0.2, 0.25) is 0 Å². The number of hydrogen-bond donors (Lipinski definition) is 2. The van der Waals surface area contributed by atoms with Gasteiger partial charge in [-0.25, -0.2) is 9.97 Å². The van der Waals surface area contributed by atoms with Gasteiger partial charge < -0.3 is 29.6 Å². The third-order valence-corrected chi connectivity index (χ3v) is 3.39. The summed E-state index contributed by atoms with van der Waals surface area (Å²) in [6, 6.07) is 5.46. The number of aryl methyl sites for hydroxylation is 1. The van der Waals surface area contributed by atoms with E-state index in [1.807, 2.05) is 25.1 Å². The summed E-state index contributed by atoms with van der Waals surface area (Å²) in [4.78, 5) is 8.76. The molecule has 8 heteroatoms. The van der Waals surface area contributed by atoms with Crippen LogP contribution >= 0.6 is 0 Å². The Morgan fingerprint density at radius 1 is 0.880 bits per heavy atom. The maximum Gasteiger partial charge on any atom is 0.203 e. The normalized spacial score (nSPS) is 10.3. The number of nitrogens with zero attached hydrogens (tertiary/aromatic N) is 2. The lowest BCUT2D eigenvalue weighted by Crippen LogP contribution is -2.10. The molecule has 2 N–H and O–H groups in total. The standard InChI is InChI=1S/C17H24N4O4/c1-11-19-15(18-6-7-22-2)10-16(20-11)21-12-8-13(23-3)17(25-5)14(9-12)24-4/h8-10H,6-7H2,1-5H3,(H2,18,19,20,21). The molecule has 1 aromatic heterocycles. The third-order valence-electron chi connectivity index (χ3n) is 3.39. The number of benzene rings is 1. The van der Waals surface area contributed by atoms with Crippen molar-refractivity contribution in [1.82, 2.24) is 9.97 Å². The number of ether oxygens (including phenoxy) is 4. The molecule has 1 heterocycles.